The molecule has 0 bridgehead atoms. The van der Waals surface area contributed by atoms with E-state index in [0.29, 0.717) is 5.56 Å². The number of hydrogen-bond donors (Lipinski definition) is 0. The highest BCUT2D eigenvalue weighted by atomic mass is 35.5. The molecule has 0 radical (unpaired) electrons. The lowest BCUT2D eigenvalue weighted by Crippen LogP contribution is -2.08. The van der Waals surface area contributed by atoms with Crippen LogP contribution in [-0.4, -0.2) is 24.6 Å². The molecule has 4 aromatic rings. The minimum Gasteiger partial charge on any atom is -0.457 e. The monoisotopic (exact) mass is 526 g/mol. The highest BCUT2D eigenvalue weighted by Gasteiger charge is 2.33. The molecular formula is C23H15Cl2F3N2O3S. The fourth-order valence-corrected chi connectivity index (χ4v) is 4.51. The number of ether oxygens (including phenoxy) is 1. The van der Waals surface area contributed by atoms with Crippen LogP contribution in [0.1, 0.15) is 11.3 Å². The van der Waals surface area contributed by atoms with Crippen molar-refractivity contribution in [3.05, 3.63) is 75.9 Å². The van der Waals surface area contributed by atoms with E-state index < -0.39 is 21.6 Å². The van der Waals surface area contributed by atoms with Crippen LogP contribution in [0.4, 0.5) is 13.2 Å². The Kier molecular flexibility index (Phi) is 6.22. The van der Waals surface area contributed by atoms with Crippen LogP contribution in [0.25, 0.3) is 22.3 Å². The second-order valence-electron chi connectivity index (χ2n) is 7.47. The number of hydrogen-bond acceptors (Lipinski definition) is 5. The van der Waals surface area contributed by atoms with Crippen molar-refractivity contribution >= 4 is 44.1 Å². The lowest BCUT2D eigenvalue weighted by Gasteiger charge is -2.14. The number of sulfone groups is 1. The smallest absolute Gasteiger partial charge is 0.418 e. The maximum atomic E-state index is 13.4. The number of rotatable bonds is 4. The van der Waals surface area contributed by atoms with Crippen LogP contribution in [0.5, 0.6) is 11.5 Å². The van der Waals surface area contributed by atoms with Crippen LogP contribution >= 0.6 is 23.2 Å². The summed E-state index contributed by atoms with van der Waals surface area (Å²) in [5.41, 5.74) is -0.167. The van der Waals surface area contributed by atoms with Crippen molar-refractivity contribution < 1.29 is 26.3 Å². The molecule has 0 spiro atoms. The maximum Gasteiger partial charge on any atom is 0.418 e. The second-order valence-corrected chi connectivity index (χ2v) is 10.3. The third kappa shape index (κ3) is 4.96. The molecule has 176 valence electrons. The van der Waals surface area contributed by atoms with E-state index in [1.165, 1.54) is 43.3 Å². The highest BCUT2D eigenvalue weighted by Crippen LogP contribution is 2.38. The third-order valence-electron chi connectivity index (χ3n) is 4.88. The second kappa shape index (κ2) is 8.72. The fraction of sp³-hybridized carbons (Fsp3) is 0.130. The molecule has 0 amide bonds. The molecule has 0 aliphatic heterocycles. The molecule has 0 fully saturated rings. The number of alkyl halides is 3. The first-order valence-electron chi connectivity index (χ1n) is 9.66. The van der Waals surface area contributed by atoms with Crippen LogP contribution < -0.4 is 4.74 Å². The Hall–Kier alpha value is -2.88. The van der Waals surface area contributed by atoms with E-state index in [0.717, 1.165) is 12.3 Å². The van der Waals surface area contributed by atoms with E-state index in [-0.39, 0.29) is 48.9 Å². The molecule has 3 aromatic carbocycles. The molecule has 1 aromatic heterocycles. The zero-order chi connectivity index (χ0) is 24.8. The Balaban J connectivity index is 1.79. The van der Waals surface area contributed by atoms with Gasteiger partial charge >= 0.3 is 6.18 Å². The van der Waals surface area contributed by atoms with Crippen molar-refractivity contribution in [3.8, 4) is 22.8 Å². The van der Waals surface area contributed by atoms with Gasteiger partial charge in [-0.15, -0.1) is 0 Å². The number of halogens is 5. The summed E-state index contributed by atoms with van der Waals surface area (Å²) in [6, 6.07) is 12.4. The molecule has 0 saturated heterocycles. The molecule has 11 heteroatoms. The number of aryl methyl sites for hydroxylation is 1. The normalized spacial score (nSPS) is 12.2. The molecule has 4 rings (SSSR count). The summed E-state index contributed by atoms with van der Waals surface area (Å²) in [6.45, 7) is 1.54. The Bertz CT molecular complexity index is 1540. The predicted octanol–water partition coefficient (Wildman–Crippen LogP) is 7.13. The Morgan fingerprint density at radius 3 is 2.35 bits per heavy atom. The molecule has 0 atom stereocenters. The lowest BCUT2D eigenvalue weighted by molar-refractivity contribution is -0.136. The fourth-order valence-electron chi connectivity index (χ4n) is 3.34. The van der Waals surface area contributed by atoms with Crippen LogP contribution in [0, 0.1) is 6.92 Å². The SMILES string of the molecule is Cc1nc2c(C(F)(F)F)cccc2nc1-c1cc(Oc2cc(Cl)cc(S(C)(=O)=O)c2)ccc1Cl. The summed E-state index contributed by atoms with van der Waals surface area (Å²) < 4.78 is 69.7. The van der Waals surface area contributed by atoms with Crippen molar-refractivity contribution in [1.82, 2.24) is 9.97 Å². The molecule has 0 aliphatic rings. The molecule has 34 heavy (non-hydrogen) atoms. The first-order chi connectivity index (χ1) is 15.8. The van der Waals surface area contributed by atoms with Crippen LogP contribution in [0.3, 0.4) is 0 Å². The van der Waals surface area contributed by atoms with E-state index in [4.69, 9.17) is 27.9 Å². The van der Waals surface area contributed by atoms with Crippen molar-refractivity contribution in [3.63, 3.8) is 0 Å². The minimum atomic E-state index is -4.57. The van der Waals surface area contributed by atoms with E-state index in [9.17, 15) is 21.6 Å². The largest absolute Gasteiger partial charge is 0.457 e. The zero-order valence-corrected chi connectivity index (χ0v) is 19.9. The Morgan fingerprint density at radius 1 is 0.941 bits per heavy atom. The van der Waals surface area contributed by atoms with Gasteiger partial charge in [0.05, 0.1) is 32.4 Å². The summed E-state index contributed by atoms with van der Waals surface area (Å²) in [4.78, 5) is 8.53. The van der Waals surface area contributed by atoms with E-state index in [1.54, 1.807) is 12.1 Å². The van der Waals surface area contributed by atoms with Gasteiger partial charge in [-0.3, -0.25) is 0 Å². The van der Waals surface area contributed by atoms with E-state index >= 15 is 0 Å². The summed E-state index contributed by atoms with van der Waals surface area (Å²) in [5, 5.41) is 0.447. The number of nitrogens with zero attached hydrogens (tertiary/aromatic N) is 2. The summed E-state index contributed by atoms with van der Waals surface area (Å²) >= 11 is 12.4. The summed E-state index contributed by atoms with van der Waals surface area (Å²) in [7, 11) is -3.52. The topological polar surface area (TPSA) is 69.2 Å². The molecule has 0 aliphatic carbocycles. The van der Waals surface area contributed by atoms with Gasteiger partial charge in [-0.1, -0.05) is 29.3 Å². The van der Waals surface area contributed by atoms with Gasteiger partial charge in [0.15, 0.2) is 9.84 Å². The van der Waals surface area contributed by atoms with Gasteiger partial charge < -0.3 is 4.74 Å². The third-order valence-corrected chi connectivity index (χ3v) is 6.52. The minimum absolute atomic E-state index is 0.0131. The van der Waals surface area contributed by atoms with Crippen molar-refractivity contribution in [2.75, 3.05) is 6.26 Å². The van der Waals surface area contributed by atoms with Gasteiger partial charge in [0.1, 0.15) is 17.0 Å². The van der Waals surface area contributed by atoms with Crippen LogP contribution in [-0.2, 0) is 16.0 Å². The number of benzene rings is 3. The van der Waals surface area contributed by atoms with Gasteiger partial charge in [0.2, 0.25) is 0 Å². The molecule has 0 unspecified atom stereocenters. The van der Waals surface area contributed by atoms with Crippen molar-refractivity contribution in [1.29, 1.82) is 0 Å². The van der Waals surface area contributed by atoms with E-state index in [1.807, 2.05) is 0 Å². The summed E-state index contributed by atoms with van der Waals surface area (Å²) in [5.74, 6) is 0.462. The average Bonchev–Trinajstić information content (AvgIpc) is 2.72. The van der Waals surface area contributed by atoms with Gasteiger partial charge in [0.25, 0.3) is 0 Å². The Labute approximate surface area is 203 Å². The van der Waals surface area contributed by atoms with Gasteiger partial charge in [-0.05, 0) is 55.5 Å². The zero-order valence-electron chi connectivity index (χ0n) is 17.6. The van der Waals surface area contributed by atoms with Crippen LogP contribution in [0.15, 0.2) is 59.5 Å². The number of aromatic nitrogens is 2. The quantitative estimate of drug-likeness (QED) is 0.283. The first-order valence-corrected chi connectivity index (χ1v) is 12.3. The highest BCUT2D eigenvalue weighted by molar-refractivity contribution is 7.90. The molecular weight excluding hydrogens is 512 g/mol. The Morgan fingerprint density at radius 2 is 1.68 bits per heavy atom. The van der Waals surface area contributed by atoms with Crippen molar-refractivity contribution in [2.45, 2.75) is 18.0 Å². The average molecular weight is 527 g/mol. The number of para-hydroxylation sites is 1. The lowest BCUT2D eigenvalue weighted by atomic mass is 10.1. The molecule has 0 N–H and O–H groups in total. The first kappa shape index (κ1) is 24.3. The standard InChI is InChI=1S/C23H15Cl2F3N2O3S/c1-12-21(30-20-5-3-4-18(22(20)29-12)23(26,27)28)17-11-14(6-7-19(17)25)33-15-8-13(24)9-16(10-15)34(2,31)32/h3-11H,1-2H3. The molecule has 0 saturated carbocycles. The van der Waals surface area contributed by atoms with Crippen molar-refractivity contribution in [2.24, 2.45) is 0 Å². The number of fused-ring (bicyclic) bond motifs is 1. The maximum absolute atomic E-state index is 13.4. The van der Waals surface area contributed by atoms with Gasteiger partial charge in [-0.2, -0.15) is 13.2 Å². The van der Waals surface area contributed by atoms with Crippen LogP contribution in [0.2, 0.25) is 10.0 Å². The molecule has 5 nitrogen and oxygen atoms in total. The summed E-state index contributed by atoms with van der Waals surface area (Å²) in [6.07, 6.45) is -3.52. The molecule has 1 heterocycles. The van der Waals surface area contributed by atoms with Gasteiger partial charge in [0, 0.05) is 16.8 Å². The van der Waals surface area contributed by atoms with Gasteiger partial charge in [-0.25, -0.2) is 18.4 Å². The predicted molar refractivity (Wildman–Crippen MR) is 124 cm³/mol. The van der Waals surface area contributed by atoms with E-state index in [2.05, 4.69) is 9.97 Å².